The number of hydrogen-bond donors (Lipinski definition) is 0. The Labute approximate surface area is 293 Å². The fraction of sp³-hybridized carbons (Fsp3) is 0.317. The molecule has 1 aromatic heterocycles. The molecule has 0 radical (unpaired) electrons. The highest BCUT2D eigenvalue weighted by Crippen LogP contribution is 2.38. The van der Waals surface area contributed by atoms with E-state index in [1.807, 2.05) is 0 Å². The Balaban J connectivity index is 1.31. The van der Waals surface area contributed by atoms with Gasteiger partial charge in [0.25, 0.3) is 0 Å². The van der Waals surface area contributed by atoms with Gasteiger partial charge in [0.2, 0.25) is 5.91 Å². The van der Waals surface area contributed by atoms with Crippen LogP contribution in [0.4, 0.5) is 22.0 Å². The first kappa shape index (κ1) is 36.0. The fourth-order valence-electron chi connectivity index (χ4n) is 6.96. The number of para-hydroxylation sites is 1. The Bertz CT molecular complexity index is 2040. The minimum Gasteiger partial charge on any atom is -0.337 e. The zero-order chi connectivity index (χ0) is 36.0. The number of benzene rings is 4. The van der Waals surface area contributed by atoms with E-state index in [4.69, 9.17) is 0 Å². The van der Waals surface area contributed by atoms with Crippen molar-refractivity contribution in [1.29, 1.82) is 0 Å². The normalized spacial score (nSPS) is 13.6. The summed E-state index contributed by atoms with van der Waals surface area (Å²) >= 11 is 0. The summed E-state index contributed by atoms with van der Waals surface area (Å²) in [6.07, 6.45) is -0.567. The maximum atomic E-state index is 14.6. The molecule has 1 aliphatic heterocycles. The van der Waals surface area contributed by atoms with Crippen LogP contribution in [0.15, 0.2) is 102 Å². The Morgan fingerprint density at radius 3 is 2.31 bits per heavy atom. The molecule has 0 atom stereocenters. The number of aromatic nitrogens is 1. The lowest BCUT2D eigenvalue weighted by atomic mass is 9.97. The molecular weight excluding hydrogens is 661 g/mol. The first-order valence-electron chi connectivity index (χ1n) is 17.4. The zero-order valence-electron chi connectivity index (χ0n) is 28.3. The van der Waals surface area contributed by atoms with Gasteiger partial charge in [0.15, 0.2) is 17.1 Å². The second kappa shape index (κ2) is 16.0. The van der Waals surface area contributed by atoms with E-state index in [1.54, 1.807) is 70.1 Å². The lowest BCUT2D eigenvalue weighted by Crippen LogP contribution is -2.35. The van der Waals surface area contributed by atoms with Crippen LogP contribution in [0.25, 0.3) is 22.0 Å². The van der Waals surface area contributed by atoms with Gasteiger partial charge in [-0.15, -0.1) is 0 Å². The van der Waals surface area contributed by atoms with Gasteiger partial charge in [-0.2, -0.15) is 13.2 Å². The second-order valence-electron chi connectivity index (χ2n) is 13.1. The van der Waals surface area contributed by atoms with Crippen molar-refractivity contribution >= 4 is 16.8 Å². The molecule has 1 amide bonds. The number of nitrogens with zero attached hydrogens (tertiary/aromatic N) is 3. The Kier molecular flexibility index (Phi) is 11.3. The summed E-state index contributed by atoms with van der Waals surface area (Å²) in [6, 6.07) is 24.8. The van der Waals surface area contributed by atoms with Gasteiger partial charge in [0.05, 0.1) is 11.1 Å². The van der Waals surface area contributed by atoms with Crippen LogP contribution < -0.4 is 5.43 Å². The van der Waals surface area contributed by atoms with Gasteiger partial charge in [0, 0.05) is 30.2 Å². The van der Waals surface area contributed by atoms with Crippen LogP contribution in [-0.2, 0) is 36.9 Å². The van der Waals surface area contributed by atoms with Crippen molar-refractivity contribution in [2.45, 2.75) is 57.8 Å². The monoisotopic (exact) mass is 701 g/mol. The molecule has 0 bridgehead atoms. The van der Waals surface area contributed by atoms with Gasteiger partial charge in [-0.05, 0) is 105 Å². The van der Waals surface area contributed by atoms with E-state index in [9.17, 15) is 31.5 Å². The Hall–Kier alpha value is -4.83. The number of likely N-dealkylation sites (tertiary alicyclic amines) is 1. The van der Waals surface area contributed by atoms with E-state index in [0.717, 1.165) is 51.0 Å². The predicted octanol–water partition coefficient (Wildman–Crippen LogP) is 8.66. The molecule has 10 heteroatoms. The number of hydrogen-bond acceptors (Lipinski definition) is 3. The summed E-state index contributed by atoms with van der Waals surface area (Å²) in [7, 11) is 0. The average Bonchev–Trinajstić information content (AvgIpc) is 3.65. The van der Waals surface area contributed by atoms with Gasteiger partial charge in [0.1, 0.15) is 6.54 Å². The first-order chi connectivity index (χ1) is 24.6. The van der Waals surface area contributed by atoms with Crippen LogP contribution in [0.1, 0.15) is 48.1 Å². The molecule has 0 unspecified atom stereocenters. The molecule has 1 aliphatic rings. The lowest BCUT2D eigenvalue weighted by Gasteiger charge is -2.26. The summed E-state index contributed by atoms with van der Waals surface area (Å²) in [5.41, 5.74) is 0.946. The van der Waals surface area contributed by atoms with Crippen molar-refractivity contribution < 1.29 is 26.7 Å². The van der Waals surface area contributed by atoms with Gasteiger partial charge in [-0.25, -0.2) is 8.78 Å². The highest BCUT2D eigenvalue weighted by molar-refractivity contribution is 5.83. The molecule has 51 heavy (non-hydrogen) atoms. The number of pyridine rings is 1. The molecule has 266 valence electrons. The average molecular weight is 702 g/mol. The van der Waals surface area contributed by atoms with Crippen LogP contribution in [0.3, 0.4) is 0 Å². The number of rotatable bonds is 13. The highest BCUT2D eigenvalue weighted by atomic mass is 19.4. The van der Waals surface area contributed by atoms with Crippen molar-refractivity contribution in [2.75, 3.05) is 26.2 Å². The number of alkyl halides is 3. The van der Waals surface area contributed by atoms with Crippen LogP contribution >= 0.6 is 0 Å². The molecule has 4 aromatic carbocycles. The molecule has 6 rings (SSSR count). The first-order valence-corrected chi connectivity index (χ1v) is 17.4. The lowest BCUT2D eigenvalue weighted by molar-refractivity contribution is -0.137. The number of carbonyl (C=O) groups is 1. The van der Waals surface area contributed by atoms with E-state index in [-0.39, 0.29) is 48.4 Å². The predicted molar refractivity (Wildman–Crippen MR) is 189 cm³/mol. The van der Waals surface area contributed by atoms with E-state index < -0.39 is 23.4 Å². The summed E-state index contributed by atoms with van der Waals surface area (Å²) in [5, 5.41) is 0.398. The molecule has 0 aliphatic carbocycles. The zero-order valence-corrected chi connectivity index (χ0v) is 28.3. The topological polar surface area (TPSA) is 45.6 Å². The van der Waals surface area contributed by atoms with E-state index in [2.05, 4.69) is 4.90 Å². The molecule has 2 heterocycles. The standard InChI is InChI=1S/C41H40F5N3O2/c42-36-15-10-13-31(40(36)43)18-19-32-26-38(50)34-14-4-5-16-37(34)49(32)28-39(51)48(24-9-8-23-47-21-6-7-22-47)27-29-17-20-33(30-11-2-1-3-12-30)35(25-29)41(44,45)46/h1-5,10-17,20,25-26H,6-9,18-19,21-24,27-28H2. The number of unbranched alkanes of at least 4 members (excludes halogenated alkanes) is 1. The molecule has 1 fully saturated rings. The fourth-order valence-corrected chi connectivity index (χ4v) is 6.96. The number of fused-ring (bicyclic) bond motifs is 1. The highest BCUT2D eigenvalue weighted by Gasteiger charge is 2.34. The molecular formula is C41H40F5N3O2. The number of halogens is 5. The van der Waals surface area contributed by atoms with Crippen LogP contribution in [0, 0.1) is 11.6 Å². The van der Waals surface area contributed by atoms with Crippen LogP contribution in [0.5, 0.6) is 0 Å². The minimum atomic E-state index is -4.61. The molecule has 5 nitrogen and oxygen atoms in total. The smallest absolute Gasteiger partial charge is 0.337 e. The third-order valence-electron chi connectivity index (χ3n) is 9.63. The quantitative estimate of drug-likeness (QED) is 0.0913. The summed E-state index contributed by atoms with van der Waals surface area (Å²) < 4.78 is 73.4. The van der Waals surface area contributed by atoms with Gasteiger partial charge >= 0.3 is 6.18 Å². The molecule has 0 spiro atoms. The van der Waals surface area contributed by atoms with Crippen LogP contribution in [0.2, 0.25) is 0 Å². The molecule has 1 saturated heterocycles. The third kappa shape index (κ3) is 8.73. The Morgan fingerprint density at radius 1 is 0.804 bits per heavy atom. The third-order valence-corrected chi connectivity index (χ3v) is 9.63. The van der Waals surface area contributed by atoms with Crippen molar-refractivity contribution in [3.8, 4) is 11.1 Å². The Morgan fingerprint density at radius 2 is 1.55 bits per heavy atom. The number of carbonyl (C=O) groups excluding carboxylic acids is 1. The van der Waals surface area contributed by atoms with Crippen molar-refractivity contribution in [3.63, 3.8) is 0 Å². The molecule has 0 saturated carbocycles. The van der Waals surface area contributed by atoms with Crippen molar-refractivity contribution in [3.05, 3.63) is 141 Å². The van der Waals surface area contributed by atoms with Crippen molar-refractivity contribution in [2.24, 2.45) is 0 Å². The second-order valence-corrected chi connectivity index (χ2v) is 13.1. The SMILES string of the molecule is O=C(Cn1c(CCc2cccc(F)c2F)cc(=O)c2ccccc21)N(CCCCN1CCCC1)Cc1ccc(-c2ccccc2)c(C(F)(F)F)c1. The maximum absolute atomic E-state index is 14.6. The number of amides is 1. The minimum absolute atomic E-state index is 0.0390. The maximum Gasteiger partial charge on any atom is 0.417 e. The summed E-state index contributed by atoms with van der Waals surface area (Å²) in [4.78, 5) is 31.4. The summed E-state index contributed by atoms with van der Waals surface area (Å²) in [6.45, 7) is 3.06. The van der Waals surface area contributed by atoms with Crippen LogP contribution in [-0.4, -0.2) is 46.5 Å². The molecule has 5 aromatic rings. The van der Waals surface area contributed by atoms with Gasteiger partial charge in [-0.1, -0.05) is 66.7 Å². The van der Waals surface area contributed by atoms with Gasteiger partial charge in [-0.3, -0.25) is 9.59 Å². The van der Waals surface area contributed by atoms with Gasteiger partial charge < -0.3 is 14.4 Å². The number of aryl methyl sites for hydroxylation is 2. The van der Waals surface area contributed by atoms with E-state index in [0.29, 0.717) is 40.7 Å². The van der Waals surface area contributed by atoms with E-state index in [1.165, 1.54) is 24.3 Å². The van der Waals surface area contributed by atoms with Crippen molar-refractivity contribution in [1.82, 2.24) is 14.4 Å². The molecule has 0 N–H and O–H groups in total. The summed E-state index contributed by atoms with van der Waals surface area (Å²) in [5.74, 6) is -2.26. The van der Waals surface area contributed by atoms with E-state index >= 15 is 0 Å². The largest absolute Gasteiger partial charge is 0.417 e.